The van der Waals surface area contributed by atoms with Gasteiger partial charge in [0.05, 0.1) is 18.8 Å². The summed E-state index contributed by atoms with van der Waals surface area (Å²) in [5.74, 6) is 0. The molecule has 0 amide bonds. The van der Waals surface area contributed by atoms with Crippen LogP contribution in [0.4, 0.5) is 0 Å². The standard InChI is InChI=1S/C14H20ClNO2/c1-2-11(17)9-16-7-8-18-14(10-16)12-5-3-4-6-13(12)15/h3-6,11,14,17H,2,7-10H2,1H3. The minimum atomic E-state index is -0.255. The number of ether oxygens (including phenoxy) is 1. The quantitative estimate of drug-likeness (QED) is 0.912. The lowest BCUT2D eigenvalue weighted by molar-refractivity contribution is -0.0422. The van der Waals surface area contributed by atoms with Crippen molar-refractivity contribution in [2.75, 3.05) is 26.2 Å². The maximum absolute atomic E-state index is 9.71. The van der Waals surface area contributed by atoms with Crippen molar-refractivity contribution in [3.63, 3.8) is 0 Å². The van der Waals surface area contributed by atoms with Crippen LogP contribution in [0.5, 0.6) is 0 Å². The van der Waals surface area contributed by atoms with Crippen molar-refractivity contribution in [3.8, 4) is 0 Å². The molecule has 1 N–H and O–H groups in total. The summed E-state index contributed by atoms with van der Waals surface area (Å²) in [7, 11) is 0. The number of hydrogen-bond acceptors (Lipinski definition) is 3. The summed E-state index contributed by atoms with van der Waals surface area (Å²) in [6.45, 7) is 5.06. The number of benzene rings is 1. The maximum atomic E-state index is 9.71. The lowest BCUT2D eigenvalue weighted by atomic mass is 10.1. The first-order valence-electron chi connectivity index (χ1n) is 6.47. The topological polar surface area (TPSA) is 32.7 Å². The smallest absolute Gasteiger partial charge is 0.0966 e. The molecule has 2 unspecified atom stereocenters. The SMILES string of the molecule is CCC(O)CN1CCOC(c2ccccc2Cl)C1. The summed E-state index contributed by atoms with van der Waals surface area (Å²) in [4.78, 5) is 2.24. The van der Waals surface area contributed by atoms with Gasteiger partial charge in [-0.3, -0.25) is 4.90 Å². The van der Waals surface area contributed by atoms with Gasteiger partial charge in [0.1, 0.15) is 0 Å². The first-order chi connectivity index (χ1) is 8.70. The van der Waals surface area contributed by atoms with Crippen molar-refractivity contribution in [2.24, 2.45) is 0 Å². The second-order valence-electron chi connectivity index (χ2n) is 4.70. The van der Waals surface area contributed by atoms with Crippen LogP contribution in [0.3, 0.4) is 0 Å². The Morgan fingerprint density at radius 1 is 1.50 bits per heavy atom. The summed E-state index contributed by atoms with van der Waals surface area (Å²) in [5.41, 5.74) is 1.04. The highest BCUT2D eigenvalue weighted by Crippen LogP contribution is 2.28. The molecule has 18 heavy (non-hydrogen) atoms. The van der Waals surface area contributed by atoms with Gasteiger partial charge >= 0.3 is 0 Å². The summed E-state index contributed by atoms with van der Waals surface area (Å²) in [6, 6.07) is 7.80. The molecule has 1 heterocycles. The van der Waals surface area contributed by atoms with Crippen LogP contribution < -0.4 is 0 Å². The molecule has 0 aliphatic carbocycles. The molecule has 1 aromatic rings. The predicted molar refractivity (Wildman–Crippen MR) is 72.9 cm³/mol. The Kier molecular flexibility index (Phi) is 5.01. The first kappa shape index (κ1) is 13.8. The van der Waals surface area contributed by atoms with Gasteiger partial charge in [-0.2, -0.15) is 0 Å². The average Bonchev–Trinajstić information content (AvgIpc) is 2.39. The molecule has 100 valence electrons. The Morgan fingerprint density at radius 2 is 2.28 bits per heavy atom. The van der Waals surface area contributed by atoms with E-state index < -0.39 is 0 Å². The van der Waals surface area contributed by atoms with Crippen LogP contribution in [-0.2, 0) is 4.74 Å². The third kappa shape index (κ3) is 3.45. The summed E-state index contributed by atoms with van der Waals surface area (Å²) in [5, 5.41) is 10.5. The van der Waals surface area contributed by atoms with Crippen LogP contribution >= 0.6 is 11.6 Å². The van der Waals surface area contributed by atoms with Gasteiger partial charge < -0.3 is 9.84 Å². The molecule has 3 nitrogen and oxygen atoms in total. The highest BCUT2D eigenvalue weighted by Gasteiger charge is 2.24. The van der Waals surface area contributed by atoms with Crippen molar-refractivity contribution < 1.29 is 9.84 Å². The van der Waals surface area contributed by atoms with Gasteiger partial charge in [0, 0.05) is 30.2 Å². The molecule has 0 radical (unpaired) electrons. The highest BCUT2D eigenvalue weighted by molar-refractivity contribution is 6.31. The van der Waals surface area contributed by atoms with Crippen LogP contribution in [0.25, 0.3) is 0 Å². The van der Waals surface area contributed by atoms with E-state index in [1.54, 1.807) is 0 Å². The largest absolute Gasteiger partial charge is 0.392 e. The highest BCUT2D eigenvalue weighted by atomic mass is 35.5. The number of nitrogens with zero attached hydrogens (tertiary/aromatic N) is 1. The molecule has 2 rings (SSSR count). The molecule has 0 saturated carbocycles. The van der Waals surface area contributed by atoms with Gasteiger partial charge in [-0.25, -0.2) is 0 Å². The fourth-order valence-corrected chi connectivity index (χ4v) is 2.48. The Hall–Kier alpha value is -0.610. The van der Waals surface area contributed by atoms with E-state index in [2.05, 4.69) is 4.90 Å². The Bertz CT molecular complexity index is 386. The second-order valence-corrected chi connectivity index (χ2v) is 5.11. The molecule has 0 bridgehead atoms. The number of morpholine rings is 1. The van der Waals surface area contributed by atoms with Gasteiger partial charge in [-0.1, -0.05) is 36.7 Å². The fourth-order valence-electron chi connectivity index (χ4n) is 2.22. The minimum Gasteiger partial charge on any atom is -0.392 e. The van der Waals surface area contributed by atoms with Gasteiger partial charge in [-0.05, 0) is 12.5 Å². The average molecular weight is 270 g/mol. The molecule has 4 heteroatoms. The van der Waals surface area contributed by atoms with Crippen LogP contribution in [0.2, 0.25) is 5.02 Å². The zero-order valence-corrected chi connectivity index (χ0v) is 11.4. The van der Waals surface area contributed by atoms with Crippen LogP contribution in [0, 0.1) is 0 Å². The lowest BCUT2D eigenvalue weighted by Gasteiger charge is -2.34. The van der Waals surface area contributed by atoms with E-state index in [0.717, 1.165) is 30.1 Å². The number of rotatable bonds is 4. The fraction of sp³-hybridized carbons (Fsp3) is 0.571. The summed E-state index contributed by atoms with van der Waals surface area (Å²) in [6.07, 6.45) is 0.542. The van der Waals surface area contributed by atoms with Gasteiger partial charge in [-0.15, -0.1) is 0 Å². The van der Waals surface area contributed by atoms with E-state index in [1.165, 1.54) is 0 Å². The molecule has 1 saturated heterocycles. The predicted octanol–water partition coefficient (Wildman–Crippen LogP) is 2.48. The molecular weight excluding hydrogens is 250 g/mol. The molecule has 1 aliphatic heterocycles. The van der Waals surface area contributed by atoms with E-state index >= 15 is 0 Å². The number of aliphatic hydroxyl groups excluding tert-OH is 1. The molecule has 2 atom stereocenters. The van der Waals surface area contributed by atoms with Crippen LogP contribution in [-0.4, -0.2) is 42.4 Å². The van der Waals surface area contributed by atoms with E-state index in [4.69, 9.17) is 16.3 Å². The third-order valence-electron chi connectivity index (χ3n) is 3.34. The monoisotopic (exact) mass is 269 g/mol. The van der Waals surface area contributed by atoms with Crippen LogP contribution in [0.15, 0.2) is 24.3 Å². The van der Waals surface area contributed by atoms with E-state index in [0.29, 0.717) is 13.2 Å². The molecule has 1 aliphatic rings. The van der Waals surface area contributed by atoms with E-state index in [9.17, 15) is 5.11 Å². The molecular formula is C14H20ClNO2. The number of halogens is 1. The maximum Gasteiger partial charge on any atom is 0.0966 e. The van der Waals surface area contributed by atoms with Crippen molar-refractivity contribution in [3.05, 3.63) is 34.9 Å². The van der Waals surface area contributed by atoms with Crippen LogP contribution in [0.1, 0.15) is 25.0 Å². The van der Waals surface area contributed by atoms with Crippen molar-refractivity contribution in [1.29, 1.82) is 0 Å². The number of β-amino-alcohol motifs (C(OH)–C–C–N with tert-alkyl or cyclic N) is 1. The Labute approximate surface area is 113 Å². The van der Waals surface area contributed by atoms with Gasteiger partial charge in [0.15, 0.2) is 0 Å². The number of aliphatic hydroxyl groups is 1. The molecule has 1 fully saturated rings. The summed E-state index contributed by atoms with van der Waals surface area (Å²) < 4.78 is 5.78. The van der Waals surface area contributed by atoms with Gasteiger partial charge in [0.25, 0.3) is 0 Å². The second kappa shape index (κ2) is 6.53. The Balaban J connectivity index is 2.00. The lowest BCUT2D eigenvalue weighted by Crippen LogP contribution is -2.42. The Morgan fingerprint density at radius 3 is 3.00 bits per heavy atom. The normalized spacial score (nSPS) is 22.9. The summed E-state index contributed by atoms with van der Waals surface area (Å²) >= 11 is 6.19. The van der Waals surface area contributed by atoms with E-state index in [-0.39, 0.29) is 12.2 Å². The zero-order valence-electron chi connectivity index (χ0n) is 10.7. The third-order valence-corrected chi connectivity index (χ3v) is 3.69. The van der Waals surface area contributed by atoms with Crippen molar-refractivity contribution >= 4 is 11.6 Å². The zero-order chi connectivity index (χ0) is 13.0. The molecule has 0 aromatic heterocycles. The van der Waals surface area contributed by atoms with Crippen molar-refractivity contribution in [1.82, 2.24) is 4.90 Å². The minimum absolute atomic E-state index is 0.0107. The molecule has 1 aromatic carbocycles. The number of hydrogen-bond donors (Lipinski definition) is 1. The first-order valence-corrected chi connectivity index (χ1v) is 6.85. The molecule has 0 spiro atoms. The van der Waals surface area contributed by atoms with Gasteiger partial charge in [0.2, 0.25) is 0 Å². The van der Waals surface area contributed by atoms with E-state index in [1.807, 2.05) is 31.2 Å². The van der Waals surface area contributed by atoms with Crippen molar-refractivity contribution in [2.45, 2.75) is 25.6 Å².